The summed E-state index contributed by atoms with van der Waals surface area (Å²) in [4.78, 5) is 23.2. The molecule has 0 saturated carbocycles. The molecule has 9 heteroatoms. The summed E-state index contributed by atoms with van der Waals surface area (Å²) in [7, 11) is 3.25. The van der Waals surface area contributed by atoms with Crippen LogP contribution in [0.5, 0.6) is 11.5 Å². The Morgan fingerprint density at radius 2 is 1.94 bits per heavy atom. The summed E-state index contributed by atoms with van der Waals surface area (Å²) in [5.74, 6) is 0.983. The van der Waals surface area contributed by atoms with Crippen LogP contribution in [0.4, 0.5) is 5.69 Å². The summed E-state index contributed by atoms with van der Waals surface area (Å²) in [6.07, 6.45) is 4.91. The van der Waals surface area contributed by atoms with Crippen molar-refractivity contribution in [2.45, 2.75) is 6.61 Å². The molecule has 1 fully saturated rings. The van der Waals surface area contributed by atoms with Gasteiger partial charge in [-0.1, -0.05) is 47.5 Å². The Kier molecular flexibility index (Phi) is 7.23. The van der Waals surface area contributed by atoms with Crippen molar-refractivity contribution in [3.05, 3.63) is 87.0 Å². The fourth-order valence-corrected chi connectivity index (χ4v) is 4.36. The molecule has 33 heavy (non-hydrogen) atoms. The first-order valence-corrected chi connectivity index (χ1v) is 11.4. The third-order valence-electron chi connectivity index (χ3n) is 4.80. The van der Waals surface area contributed by atoms with Gasteiger partial charge >= 0.3 is 0 Å². The van der Waals surface area contributed by atoms with E-state index in [0.717, 1.165) is 11.1 Å². The van der Waals surface area contributed by atoms with E-state index < -0.39 is 0 Å². The van der Waals surface area contributed by atoms with Crippen molar-refractivity contribution in [2.24, 2.45) is 4.99 Å². The smallest absolute Gasteiger partial charge is 0.266 e. The van der Waals surface area contributed by atoms with Crippen molar-refractivity contribution in [1.29, 1.82) is 0 Å². The maximum Gasteiger partial charge on any atom is 0.266 e. The van der Waals surface area contributed by atoms with E-state index in [2.05, 4.69) is 9.98 Å². The largest absolute Gasteiger partial charge is 0.493 e. The molecule has 1 aliphatic rings. The minimum Gasteiger partial charge on any atom is -0.493 e. The van der Waals surface area contributed by atoms with Crippen molar-refractivity contribution in [2.75, 3.05) is 14.2 Å². The average molecular weight is 500 g/mol. The zero-order valence-electron chi connectivity index (χ0n) is 17.8. The van der Waals surface area contributed by atoms with Crippen molar-refractivity contribution in [3.8, 4) is 11.5 Å². The standard InChI is InChI=1S/C24H19Cl2N3O3S/c1-29-23(30)22(33-24(29)28-19-9-10-27-13-18(19)26)12-15-7-8-20(21(11-15)31-2)32-14-16-5-3-4-6-17(16)25/h3-13H,14H2,1-2H3/b22-12-,28-24?. The summed E-state index contributed by atoms with van der Waals surface area (Å²) < 4.78 is 11.4. The number of methoxy groups -OCH3 is 1. The molecule has 0 radical (unpaired) electrons. The van der Waals surface area contributed by atoms with Gasteiger partial charge in [0.2, 0.25) is 0 Å². The number of hydrogen-bond donors (Lipinski definition) is 0. The highest BCUT2D eigenvalue weighted by Crippen LogP contribution is 2.36. The van der Waals surface area contributed by atoms with Crippen molar-refractivity contribution in [3.63, 3.8) is 0 Å². The highest BCUT2D eigenvalue weighted by Gasteiger charge is 2.30. The number of amides is 1. The van der Waals surface area contributed by atoms with E-state index in [0.29, 0.717) is 43.9 Å². The molecule has 168 valence electrons. The molecule has 1 saturated heterocycles. The third kappa shape index (κ3) is 5.33. The van der Waals surface area contributed by atoms with Crippen LogP contribution in [0.25, 0.3) is 6.08 Å². The first-order valence-electron chi connectivity index (χ1n) is 9.86. The van der Waals surface area contributed by atoms with E-state index in [9.17, 15) is 4.79 Å². The molecule has 0 aliphatic carbocycles. The van der Waals surface area contributed by atoms with E-state index in [-0.39, 0.29) is 5.91 Å². The molecule has 2 aromatic carbocycles. The minimum absolute atomic E-state index is 0.151. The molecule has 2 heterocycles. The van der Waals surface area contributed by atoms with E-state index in [1.165, 1.54) is 22.9 Å². The maximum absolute atomic E-state index is 12.8. The molecular formula is C24H19Cl2N3O3S. The Labute approximate surface area is 205 Å². The van der Waals surface area contributed by atoms with Crippen molar-refractivity contribution >= 4 is 57.8 Å². The van der Waals surface area contributed by atoms with Gasteiger partial charge in [0.15, 0.2) is 16.7 Å². The number of pyridine rings is 1. The predicted octanol–water partition coefficient (Wildman–Crippen LogP) is 6.21. The van der Waals surface area contributed by atoms with E-state index in [1.807, 2.05) is 42.5 Å². The second-order valence-electron chi connectivity index (χ2n) is 6.99. The Hall–Kier alpha value is -3.00. The van der Waals surface area contributed by atoms with Gasteiger partial charge in [0.05, 0.1) is 22.7 Å². The van der Waals surface area contributed by atoms with Crippen LogP contribution in [0, 0.1) is 0 Å². The monoisotopic (exact) mass is 499 g/mol. The lowest BCUT2D eigenvalue weighted by molar-refractivity contribution is -0.121. The van der Waals surface area contributed by atoms with Gasteiger partial charge in [-0.3, -0.25) is 14.7 Å². The zero-order valence-corrected chi connectivity index (χ0v) is 20.1. The lowest BCUT2D eigenvalue weighted by atomic mass is 10.2. The normalized spacial score (nSPS) is 16.0. The lowest BCUT2D eigenvalue weighted by Gasteiger charge is -2.12. The topological polar surface area (TPSA) is 64.0 Å². The Balaban J connectivity index is 1.54. The fraction of sp³-hybridized carbons (Fsp3) is 0.125. The van der Waals surface area contributed by atoms with Gasteiger partial charge in [-0.15, -0.1) is 0 Å². The number of carbonyl (C=O) groups is 1. The zero-order chi connectivity index (χ0) is 23.4. The van der Waals surface area contributed by atoms with Crippen LogP contribution in [0.1, 0.15) is 11.1 Å². The van der Waals surface area contributed by atoms with Crippen molar-refractivity contribution in [1.82, 2.24) is 9.88 Å². The number of aliphatic imine (C=N–C) groups is 1. The molecule has 1 amide bonds. The van der Waals surface area contributed by atoms with Crippen LogP contribution in [0.3, 0.4) is 0 Å². The number of likely N-dealkylation sites (N-methyl/N-ethyl adjacent to an activating group) is 1. The SMILES string of the molecule is COc1cc(/C=C2\SC(=Nc3ccncc3Cl)N(C)C2=O)ccc1OCc1ccccc1Cl. The number of thioether (sulfide) groups is 1. The summed E-state index contributed by atoms with van der Waals surface area (Å²) in [5.41, 5.74) is 2.23. The summed E-state index contributed by atoms with van der Waals surface area (Å²) in [5, 5.41) is 1.59. The first kappa shape index (κ1) is 23.2. The minimum atomic E-state index is -0.151. The predicted molar refractivity (Wildman–Crippen MR) is 133 cm³/mol. The van der Waals surface area contributed by atoms with Crippen LogP contribution in [-0.2, 0) is 11.4 Å². The summed E-state index contributed by atoms with van der Waals surface area (Å²) >= 11 is 13.6. The van der Waals surface area contributed by atoms with Gasteiger partial charge < -0.3 is 9.47 Å². The number of carbonyl (C=O) groups excluding carboxylic acids is 1. The average Bonchev–Trinajstić information content (AvgIpc) is 3.08. The maximum atomic E-state index is 12.8. The van der Waals surface area contributed by atoms with E-state index >= 15 is 0 Å². The number of ether oxygens (including phenoxy) is 2. The number of benzene rings is 2. The number of rotatable bonds is 6. The summed E-state index contributed by atoms with van der Waals surface area (Å²) in [6.45, 7) is 0.312. The molecule has 1 aliphatic heterocycles. The molecule has 3 aromatic rings. The van der Waals surface area contributed by atoms with Crippen LogP contribution in [0.2, 0.25) is 10.0 Å². The van der Waals surface area contributed by atoms with Crippen LogP contribution < -0.4 is 9.47 Å². The van der Waals surface area contributed by atoms with Gasteiger partial charge in [0.25, 0.3) is 5.91 Å². The second kappa shape index (κ2) is 10.3. The molecule has 0 atom stereocenters. The summed E-state index contributed by atoms with van der Waals surface area (Å²) in [6, 6.07) is 14.7. The number of amidine groups is 1. The van der Waals surface area contributed by atoms with Gasteiger partial charge in [-0.2, -0.15) is 0 Å². The first-order chi connectivity index (χ1) is 16.0. The number of halogens is 2. The number of aromatic nitrogens is 1. The molecule has 0 N–H and O–H groups in total. The Bertz CT molecular complexity index is 1260. The van der Waals surface area contributed by atoms with Crippen molar-refractivity contribution < 1.29 is 14.3 Å². The third-order valence-corrected chi connectivity index (χ3v) is 6.52. The number of hydrogen-bond acceptors (Lipinski definition) is 6. The highest BCUT2D eigenvalue weighted by molar-refractivity contribution is 8.18. The fourth-order valence-electron chi connectivity index (χ4n) is 3.03. The van der Waals surface area contributed by atoms with Gasteiger partial charge in [-0.25, -0.2) is 4.99 Å². The molecule has 1 aromatic heterocycles. The quantitative estimate of drug-likeness (QED) is 0.377. The molecule has 0 bridgehead atoms. The van der Waals surface area contributed by atoms with Crippen LogP contribution in [-0.4, -0.2) is 35.1 Å². The van der Waals surface area contributed by atoms with Crippen LogP contribution in [0.15, 0.2) is 70.8 Å². The molecule has 0 unspecified atom stereocenters. The molecule has 6 nitrogen and oxygen atoms in total. The molecule has 0 spiro atoms. The Morgan fingerprint density at radius 3 is 2.70 bits per heavy atom. The molecular weight excluding hydrogens is 481 g/mol. The highest BCUT2D eigenvalue weighted by atomic mass is 35.5. The second-order valence-corrected chi connectivity index (χ2v) is 8.81. The van der Waals surface area contributed by atoms with Gasteiger partial charge in [0.1, 0.15) is 6.61 Å². The molecule has 4 rings (SSSR count). The van der Waals surface area contributed by atoms with E-state index in [4.69, 9.17) is 32.7 Å². The van der Waals surface area contributed by atoms with Crippen LogP contribution >= 0.6 is 35.0 Å². The lowest BCUT2D eigenvalue weighted by Crippen LogP contribution is -2.23. The van der Waals surface area contributed by atoms with Gasteiger partial charge in [-0.05, 0) is 47.7 Å². The Morgan fingerprint density at radius 1 is 1.12 bits per heavy atom. The van der Waals surface area contributed by atoms with E-state index in [1.54, 1.807) is 32.5 Å². The van der Waals surface area contributed by atoms with Gasteiger partial charge in [0, 0.05) is 30.0 Å². The number of nitrogens with zero attached hydrogens (tertiary/aromatic N) is 3.